The molecule has 5 nitrogen and oxygen atoms in total. The zero-order valence-corrected chi connectivity index (χ0v) is 10.6. The van der Waals surface area contributed by atoms with Crippen LogP contribution in [0.5, 0.6) is 0 Å². The molecule has 3 N–H and O–H groups in total. The van der Waals surface area contributed by atoms with Crippen LogP contribution >= 0.6 is 15.9 Å². The lowest BCUT2D eigenvalue weighted by atomic mass is 10.2. The van der Waals surface area contributed by atoms with Gasteiger partial charge in [0.05, 0.1) is 12.1 Å². The summed E-state index contributed by atoms with van der Waals surface area (Å²) in [5.41, 5.74) is 5.18. The van der Waals surface area contributed by atoms with Crippen LogP contribution in [-0.4, -0.2) is 35.4 Å². The molecule has 0 bridgehead atoms. The van der Waals surface area contributed by atoms with E-state index in [4.69, 9.17) is 10.9 Å². The number of benzene rings is 1. The molecule has 0 saturated carbocycles. The molecule has 7 heteroatoms. The van der Waals surface area contributed by atoms with Crippen LogP contribution in [0.25, 0.3) is 0 Å². The number of rotatable bonds is 3. The third-order valence-corrected chi connectivity index (χ3v) is 2.53. The molecule has 1 amide bonds. The van der Waals surface area contributed by atoms with Crippen LogP contribution in [0.4, 0.5) is 4.39 Å². The van der Waals surface area contributed by atoms with Crippen LogP contribution in [0.15, 0.2) is 27.8 Å². The molecular formula is C10H11BrFN3O2. The molecule has 0 heterocycles. The lowest BCUT2D eigenvalue weighted by Crippen LogP contribution is -2.36. The van der Waals surface area contributed by atoms with E-state index in [0.717, 1.165) is 4.90 Å². The third-order valence-electron chi connectivity index (χ3n) is 2.03. The number of hydrogen-bond donors (Lipinski definition) is 2. The molecule has 1 aromatic rings. The number of halogens is 2. The van der Waals surface area contributed by atoms with E-state index in [1.54, 1.807) is 0 Å². The molecule has 0 aliphatic carbocycles. The maximum Gasteiger partial charge on any atom is 0.257 e. The van der Waals surface area contributed by atoms with Crippen molar-refractivity contribution in [2.45, 2.75) is 0 Å². The maximum atomic E-state index is 13.4. The summed E-state index contributed by atoms with van der Waals surface area (Å²) < 4.78 is 14.0. The minimum atomic E-state index is -0.621. The van der Waals surface area contributed by atoms with Crippen molar-refractivity contribution in [2.75, 3.05) is 13.6 Å². The van der Waals surface area contributed by atoms with Gasteiger partial charge in [-0.3, -0.25) is 4.79 Å². The number of carbonyl (C=O) groups excluding carboxylic acids is 1. The second-order valence-corrected chi connectivity index (χ2v) is 4.29. The molecular weight excluding hydrogens is 293 g/mol. The maximum absolute atomic E-state index is 13.4. The van der Waals surface area contributed by atoms with E-state index in [2.05, 4.69) is 21.1 Å². The van der Waals surface area contributed by atoms with Gasteiger partial charge in [-0.05, 0) is 18.2 Å². The van der Waals surface area contributed by atoms with Crippen LogP contribution in [0, 0.1) is 5.82 Å². The van der Waals surface area contributed by atoms with Gasteiger partial charge in [0.15, 0.2) is 5.84 Å². The molecule has 0 atom stereocenters. The van der Waals surface area contributed by atoms with Crippen LogP contribution in [0.3, 0.4) is 0 Å². The highest BCUT2D eigenvalue weighted by Crippen LogP contribution is 2.16. The molecule has 0 aliphatic heterocycles. The molecule has 0 saturated heterocycles. The number of nitrogens with zero attached hydrogens (tertiary/aromatic N) is 2. The fraction of sp³-hybridized carbons (Fsp3) is 0.200. The van der Waals surface area contributed by atoms with E-state index < -0.39 is 11.7 Å². The van der Waals surface area contributed by atoms with Crippen molar-refractivity contribution in [3.05, 3.63) is 34.1 Å². The van der Waals surface area contributed by atoms with Crippen LogP contribution in [-0.2, 0) is 0 Å². The Balaban J connectivity index is 2.92. The van der Waals surface area contributed by atoms with E-state index in [-0.39, 0.29) is 17.9 Å². The van der Waals surface area contributed by atoms with Gasteiger partial charge in [0.25, 0.3) is 5.91 Å². The predicted molar refractivity (Wildman–Crippen MR) is 64.5 cm³/mol. The largest absolute Gasteiger partial charge is 0.409 e. The quantitative estimate of drug-likeness (QED) is 0.383. The van der Waals surface area contributed by atoms with Crippen LogP contribution < -0.4 is 5.73 Å². The second kappa shape index (κ2) is 5.62. The summed E-state index contributed by atoms with van der Waals surface area (Å²) in [6.45, 7) is -0.0821. The van der Waals surface area contributed by atoms with Gasteiger partial charge >= 0.3 is 0 Å². The molecule has 0 spiro atoms. The lowest BCUT2D eigenvalue weighted by molar-refractivity contribution is 0.0809. The van der Waals surface area contributed by atoms with E-state index in [1.807, 2.05) is 0 Å². The van der Waals surface area contributed by atoms with Gasteiger partial charge in [-0.2, -0.15) is 0 Å². The second-order valence-electron chi connectivity index (χ2n) is 3.38. The minimum Gasteiger partial charge on any atom is -0.409 e. The minimum absolute atomic E-state index is 0.0763. The number of amidine groups is 1. The first-order valence-corrected chi connectivity index (χ1v) is 5.42. The molecule has 1 aromatic carbocycles. The summed E-state index contributed by atoms with van der Waals surface area (Å²) in [7, 11) is 1.43. The first-order valence-electron chi connectivity index (χ1n) is 4.62. The normalized spacial score (nSPS) is 11.4. The summed E-state index contributed by atoms with van der Waals surface area (Å²) in [5, 5.41) is 11.1. The Morgan fingerprint density at radius 2 is 2.29 bits per heavy atom. The Bertz CT molecular complexity index is 465. The number of amides is 1. The Kier molecular flexibility index (Phi) is 4.45. The van der Waals surface area contributed by atoms with Crippen LogP contribution in [0.1, 0.15) is 10.4 Å². The Morgan fingerprint density at radius 1 is 1.65 bits per heavy atom. The molecule has 17 heavy (non-hydrogen) atoms. The average molecular weight is 304 g/mol. The highest BCUT2D eigenvalue weighted by Gasteiger charge is 2.17. The summed E-state index contributed by atoms with van der Waals surface area (Å²) in [4.78, 5) is 13.0. The smallest absolute Gasteiger partial charge is 0.257 e. The molecule has 0 aromatic heterocycles. The lowest BCUT2D eigenvalue weighted by Gasteiger charge is -2.16. The van der Waals surface area contributed by atoms with Crippen molar-refractivity contribution in [1.82, 2.24) is 4.90 Å². The summed E-state index contributed by atoms with van der Waals surface area (Å²) in [5.74, 6) is -1.30. The van der Waals surface area contributed by atoms with E-state index in [9.17, 15) is 9.18 Å². The monoisotopic (exact) mass is 303 g/mol. The predicted octanol–water partition coefficient (Wildman–Crippen LogP) is 1.41. The molecule has 92 valence electrons. The van der Waals surface area contributed by atoms with Gasteiger partial charge in [0, 0.05) is 11.5 Å². The molecule has 0 radical (unpaired) electrons. The van der Waals surface area contributed by atoms with Crippen molar-refractivity contribution in [3.8, 4) is 0 Å². The van der Waals surface area contributed by atoms with E-state index in [0.29, 0.717) is 4.47 Å². The Labute approximate surface area is 106 Å². The topological polar surface area (TPSA) is 78.9 Å². The van der Waals surface area contributed by atoms with Crippen molar-refractivity contribution >= 4 is 27.7 Å². The zero-order chi connectivity index (χ0) is 13.0. The van der Waals surface area contributed by atoms with Gasteiger partial charge in [0.2, 0.25) is 0 Å². The van der Waals surface area contributed by atoms with Gasteiger partial charge in [0.1, 0.15) is 5.82 Å². The van der Waals surface area contributed by atoms with Gasteiger partial charge in [-0.25, -0.2) is 4.39 Å². The molecule has 1 rings (SSSR count). The standard InChI is InChI=1S/C10H11BrFN3O2/c1-15(5-9(13)14-17)10(16)7-4-6(11)2-3-8(7)12/h2-4,17H,5H2,1H3,(H2,13,14). The van der Waals surface area contributed by atoms with Gasteiger partial charge in [-0.1, -0.05) is 21.1 Å². The first kappa shape index (κ1) is 13.4. The highest BCUT2D eigenvalue weighted by atomic mass is 79.9. The number of nitrogens with two attached hydrogens (primary N) is 1. The number of carbonyl (C=O) groups is 1. The molecule has 0 unspecified atom stereocenters. The van der Waals surface area contributed by atoms with Crippen molar-refractivity contribution in [2.24, 2.45) is 10.9 Å². The van der Waals surface area contributed by atoms with E-state index >= 15 is 0 Å². The highest BCUT2D eigenvalue weighted by molar-refractivity contribution is 9.10. The Morgan fingerprint density at radius 3 is 2.88 bits per heavy atom. The van der Waals surface area contributed by atoms with Crippen LogP contribution in [0.2, 0.25) is 0 Å². The summed E-state index contributed by atoms with van der Waals surface area (Å²) >= 11 is 3.15. The SMILES string of the molecule is CN(CC(N)=NO)C(=O)c1cc(Br)ccc1F. The van der Waals surface area contributed by atoms with Crippen molar-refractivity contribution < 1.29 is 14.4 Å². The van der Waals surface area contributed by atoms with Crippen molar-refractivity contribution in [3.63, 3.8) is 0 Å². The number of oxime groups is 1. The van der Waals surface area contributed by atoms with Gasteiger partial charge < -0.3 is 15.8 Å². The average Bonchev–Trinajstić information content (AvgIpc) is 2.31. The number of hydrogen-bond acceptors (Lipinski definition) is 3. The third kappa shape index (κ3) is 3.42. The molecule has 0 fully saturated rings. The van der Waals surface area contributed by atoms with Crippen molar-refractivity contribution in [1.29, 1.82) is 0 Å². The van der Waals surface area contributed by atoms with Gasteiger partial charge in [-0.15, -0.1) is 0 Å². The molecule has 0 aliphatic rings. The fourth-order valence-electron chi connectivity index (χ4n) is 1.21. The first-order chi connectivity index (χ1) is 7.95. The summed E-state index contributed by atoms with van der Waals surface area (Å²) in [6.07, 6.45) is 0. The number of likely N-dealkylation sites (N-methyl/N-ethyl adjacent to an activating group) is 1. The Hall–Kier alpha value is -1.63. The zero-order valence-electron chi connectivity index (χ0n) is 9.02. The fourth-order valence-corrected chi connectivity index (χ4v) is 1.57. The van der Waals surface area contributed by atoms with E-state index in [1.165, 1.54) is 25.2 Å². The summed E-state index contributed by atoms with van der Waals surface area (Å²) in [6, 6.07) is 4.06.